The SMILES string of the molecule is COC(C[NH2+]C[C@H](O)COc1ccccc1)OC. The lowest BCUT2D eigenvalue weighted by atomic mass is 10.3. The van der Waals surface area contributed by atoms with E-state index in [1.54, 1.807) is 14.2 Å². The molecular formula is C13H22NO4+. The molecule has 0 fully saturated rings. The number of benzene rings is 1. The third-order valence-corrected chi connectivity index (χ3v) is 2.51. The van der Waals surface area contributed by atoms with Crippen molar-refractivity contribution in [1.29, 1.82) is 0 Å². The number of quaternary nitrogens is 1. The lowest BCUT2D eigenvalue weighted by molar-refractivity contribution is -0.673. The normalized spacial score (nSPS) is 12.7. The third kappa shape index (κ3) is 5.97. The van der Waals surface area contributed by atoms with Gasteiger partial charge in [-0.05, 0) is 12.1 Å². The van der Waals surface area contributed by atoms with Crippen molar-refractivity contribution in [3.8, 4) is 5.75 Å². The van der Waals surface area contributed by atoms with Gasteiger partial charge in [-0.3, -0.25) is 0 Å². The summed E-state index contributed by atoms with van der Waals surface area (Å²) in [4.78, 5) is 0. The van der Waals surface area contributed by atoms with Gasteiger partial charge in [-0.25, -0.2) is 0 Å². The Balaban J connectivity index is 2.12. The second-order valence-corrected chi connectivity index (χ2v) is 3.94. The van der Waals surface area contributed by atoms with Crippen molar-refractivity contribution in [3.63, 3.8) is 0 Å². The predicted molar refractivity (Wildman–Crippen MR) is 67.4 cm³/mol. The van der Waals surface area contributed by atoms with Crippen molar-refractivity contribution in [2.75, 3.05) is 33.9 Å². The molecule has 0 aliphatic rings. The zero-order valence-corrected chi connectivity index (χ0v) is 10.9. The van der Waals surface area contributed by atoms with E-state index in [0.29, 0.717) is 13.1 Å². The zero-order valence-electron chi connectivity index (χ0n) is 10.9. The van der Waals surface area contributed by atoms with Crippen molar-refractivity contribution in [1.82, 2.24) is 0 Å². The molecule has 1 aromatic carbocycles. The van der Waals surface area contributed by atoms with E-state index in [-0.39, 0.29) is 12.9 Å². The number of para-hydroxylation sites is 1. The fourth-order valence-electron chi connectivity index (χ4n) is 1.49. The highest BCUT2D eigenvalue weighted by atomic mass is 16.7. The van der Waals surface area contributed by atoms with E-state index < -0.39 is 6.10 Å². The molecule has 0 spiro atoms. The largest absolute Gasteiger partial charge is 0.491 e. The summed E-state index contributed by atoms with van der Waals surface area (Å²) in [5.74, 6) is 0.767. The summed E-state index contributed by atoms with van der Waals surface area (Å²) in [5, 5.41) is 11.7. The topological polar surface area (TPSA) is 64.5 Å². The van der Waals surface area contributed by atoms with Gasteiger partial charge in [0.05, 0.1) is 0 Å². The molecule has 5 heteroatoms. The summed E-state index contributed by atoms with van der Waals surface area (Å²) in [6, 6.07) is 9.45. The first-order chi connectivity index (χ1) is 8.76. The Labute approximate surface area is 108 Å². The second kappa shape index (κ2) is 8.88. The molecule has 1 atom stereocenters. The van der Waals surface area contributed by atoms with Crippen molar-refractivity contribution in [2.45, 2.75) is 12.4 Å². The smallest absolute Gasteiger partial charge is 0.206 e. The van der Waals surface area contributed by atoms with Gasteiger partial charge >= 0.3 is 0 Å². The fraction of sp³-hybridized carbons (Fsp3) is 0.538. The van der Waals surface area contributed by atoms with E-state index in [1.807, 2.05) is 35.6 Å². The maximum Gasteiger partial charge on any atom is 0.206 e. The predicted octanol–water partition coefficient (Wildman–Crippen LogP) is -0.391. The number of methoxy groups -OCH3 is 2. The monoisotopic (exact) mass is 256 g/mol. The molecule has 5 nitrogen and oxygen atoms in total. The maximum absolute atomic E-state index is 9.73. The molecule has 102 valence electrons. The van der Waals surface area contributed by atoms with Crippen LogP contribution < -0.4 is 10.1 Å². The van der Waals surface area contributed by atoms with Crippen LogP contribution in [-0.2, 0) is 9.47 Å². The molecular weight excluding hydrogens is 234 g/mol. The summed E-state index contributed by atoms with van der Waals surface area (Å²) in [7, 11) is 3.19. The van der Waals surface area contributed by atoms with Crippen LogP contribution >= 0.6 is 0 Å². The highest BCUT2D eigenvalue weighted by Gasteiger charge is 2.11. The minimum absolute atomic E-state index is 0.243. The van der Waals surface area contributed by atoms with Gasteiger partial charge in [0, 0.05) is 14.2 Å². The molecule has 0 saturated carbocycles. The summed E-state index contributed by atoms with van der Waals surface area (Å²) >= 11 is 0. The lowest BCUT2D eigenvalue weighted by Crippen LogP contribution is -2.88. The van der Waals surface area contributed by atoms with E-state index in [9.17, 15) is 5.11 Å². The molecule has 1 aromatic rings. The van der Waals surface area contributed by atoms with Gasteiger partial charge in [0.25, 0.3) is 0 Å². The van der Waals surface area contributed by atoms with Gasteiger partial charge in [0.1, 0.15) is 31.5 Å². The first kappa shape index (κ1) is 14.9. The number of rotatable bonds is 9. The first-order valence-electron chi connectivity index (χ1n) is 5.99. The molecule has 0 aliphatic heterocycles. The van der Waals surface area contributed by atoms with Crippen molar-refractivity contribution in [2.24, 2.45) is 0 Å². The minimum Gasteiger partial charge on any atom is -0.491 e. The summed E-state index contributed by atoms with van der Waals surface area (Å²) in [5.41, 5.74) is 0. The number of aliphatic hydroxyl groups is 1. The Morgan fingerprint density at radius 1 is 1.11 bits per heavy atom. The molecule has 0 aliphatic carbocycles. The van der Waals surface area contributed by atoms with Crippen LogP contribution in [0.4, 0.5) is 0 Å². The van der Waals surface area contributed by atoms with E-state index >= 15 is 0 Å². The molecule has 0 unspecified atom stereocenters. The summed E-state index contributed by atoms with van der Waals surface area (Å²) in [6.07, 6.45) is -0.758. The second-order valence-electron chi connectivity index (χ2n) is 3.94. The van der Waals surface area contributed by atoms with Gasteiger partial charge in [0.15, 0.2) is 0 Å². The minimum atomic E-state index is -0.514. The summed E-state index contributed by atoms with van der Waals surface area (Å²) < 4.78 is 15.5. The van der Waals surface area contributed by atoms with Gasteiger partial charge in [-0.1, -0.05) is 18.2 Å². The van der Waals surface area contributed by atoms with Gasteiger partial charge < -0.3 is 24.6 Å². The van der Waals surface area contributed by atoms with Gasteiger partial charge in [-0.2, -0.15) is 0 Å². The van der Waals surface area contributed by atoms with E-state index in [0.717, 1.165) is 5.75 Å². The highest BCUT2D eigenvalue weighted by molar-refractivity contribution is 5.20. The van der Waals surface area contributed by atoms with E-state index in [1.165, 1.54) is 0 Å². The lowest BCUT2D eigenvalue weighted by Gasteiger charge is -2.14. The summed E-state index contributed by atoms with van der Waals surface area (Å²) in [6.45, 7) is 1.48. The average molecular weight is 256 g/mol. The van der Waals surface area contributed by atoms with Crippen molar-refractivity contribution < 1.29 is 24.6 Å². The van der Waals surface area contributed by atoms with Crippen LogP contribution in [0.5, 0.6) is 5.75 Å². The number of nitrogens with two attached hydrogens (primary N) is 1. The Hall–Kier alpha value is -1.14. The molecule has 0 bridgehead atoms. The van der Waals surface area contributed by atoms with Gasteiger partial charge in [-0.15, -0.1) is 0 Å². The fourth-order valence-corrected chi connectivity index (χ4v) is 1.49. The van der Waals surface area contributed by atoms with Gasteiger partial charge in [0.2, 0.25) is 6.29 Å². The highest BCUT2D eigenvalue weighted by Crippen LogP contribution is 2.07. The van der Waals surface area contributed by atoms with Crippen LogP contribution in [-0.4, -0.2) is 51.4 Å². The van der Waals surface area contributed by atoms with Crippen LogP contribution in [0.15, 0.2) is 30.3 Å². The van der Waals surface area contributed by atoms with Crippen molar-refractivity contribution in [3.05, 3.63) is 30.3 Å². The number of hydrogen-bond donors (Lipinski definition) is 2. The zero-order chi connectivity index (χ0) is 13.2. The van der Waals surface area contributed by atoms with Crippen LogP contribution in [0.3, 0.4) is 0 Å². The molecule has 18 heavy (non-hydrogen) atoms. The Bertz CT molecular complexity index is 303. The molecule has 0 amide bonds. The third-order valence-electron chi connectivity index (χ3n) is 2.51. The molecule has 0 heterocycles. The van der Waals surface area contributed by atoms with E-state index in [2.05, 4.69) is 0 Å². The Morgan fingerprint density at radius 2 is 1.78 bits per heavy atom. The Kier molecular flexibility index (Phi) is 7.36. The molecule has 0 saturated heterocycles. The molecule has 0 aromatic heterocycles. The first-order valence-corrected chi connectivity index (χ1v) is 5.99. The molecule has 3 N–H and O–H groups in total. The average Bonchev–Trinajstić information content (AvgIpc) is 2.42. The quantitative estimate of drug-likeness (QED) is 0.591. The van der Waals surface area contributed by atoms with Crippen LogP contribution in [0.25, 0.3) is 0 Å². The number of hydrogen-bond acceptors (Lipinski definition) is 4. The van der Waals surface area contributed by atoms with Crippen LogP contribution in [0.2, 0.25) is 0 Å². The standard InChI is InChI=1S/C13H21NO4/c1-16-13(17-2)9-14-8-11(15)10-18-12-6-4-3-5-7-12/h3-7,11,13-15H,8-10H2,1-2H3/p+1/t11-/m0/s1. The van der Waals surface area contributed by atoms with Crippen LogP contribution in [0.1, 0.15) is 0 Å². The number of ether oxygens (including phenoxy) is 3. The number of aliphatic hydroxyl groups excluding tert-OH is 1. The maximum atomic E-state index is 9.73. The molecule has 0 radical (unpaired) electrons. The Morgan fingerprint density at radius 3 is 2.39 bits per heavy atom. The van der Waals surface area contributed by atoms with E-state index in [4.69, 9.17) is 14.2 Å². The van der Waals surface area contributed by atoms with Crippen molar-refractivity contribution >= 4 is 0 Å². The van der Waals surface area contributed by atoms with Crippen LogP contribution in [0, 0.1) is 0 Å². The molecule has 1 rings (SSSR count).